The van der Waals surface area contributed by atoms with Gasteiger partial charge in [-0.2, -0.15) is 4.98 Å². The van der Waals surface area contributed by atoms with Crippen LogP contribution in [0, 0.1) is 5.82 Å². The molecule has 0 bridgehead atoms. The third kappa shape index (κ3) is 5.37. The van der Waals surface area contributed by atoms with Crippen LogP contribution < -0.4 is 14.8 Å². The first-order valence-corrected chi connectivity index (χ1v) is 11.9. The molecule has 0 saturated heterocycles. The van der Waals surface area contributed by atoms with Crippen molar-refractivity contribution in [1.29, 1.82) is 0 Å². The van der Waals surface area contributed by atoms with Gasteiger partial charge in [-0.05, 0) is 47.5 Å². The van der Waals surface area contributed by atoms with Crippen molar-refractivity contribution in [2.75, 3.05) is 0 Å². The van der Waals surface area contributed by atoms with E-state index in [4.69, 9.17) is 14.6 Å². The standard InChI is InChI=1S/C27H26FN5O4/c1-27(2,17-3-7-20(8-4-17)36-22-15-19(16-22)30-26(34)35)18-5-9-21(10-6-18)37-25-23(28)11-12-24(31-25)33-14-13-29-32-33/h3-14,19,22,30H,15-16H2,1-2H3,(H,34,35). The van der Waals surface area contributed by atoms with Gasteiger partial charge in [-0.25, -0.2) is 13.9 Å². The van der Waals surface area contributed by atoms with Gasteiger partial charge < -0.3 is 19.9 Å². The molecule has 1 saturated carbocycles. The summed E-state index contributed by atoms with van der Waals surface area (Å²) < 4.78 is 27.4. The van der Waals surface area contributed by atoms with Gasteiger partial charge in [-0.15, -0.1) is 5.10 Å². The molecule has 0 spiro atoms. The Bertz CT molecular complexity index is 1370. The second-order valence-corrected chi connectivity index (χ2v) is 9.44. The van der Waals surface area contributed by atoms with Crippen LogP contribution in [0.25, 0.3) is 5.82 Å². The average Bonchev–Trinajstić information content (AvgIpc) is 3.40. The lowest BCUT2D eigenvalue weighted by Gasteiger charge is -2.35. The van der Waals surface area contributed by atoms with Crippen molar-refractivity contribution in [2.24, 2.45) is 0 Å². The van der Waals surface area contributed by atoms with Gasteiger partial charge in [0.1, 0.15) is 17.6 Å². The third-order valence-corrected chi connectivity index (χ3v) is 6.55. The fraction of sp³-hybridized carbons (Fsp3) is 0.259. The van der Waals surface area contributed by atoms with E-state index in [0.29, 0.717) is 24.4 Å². The lowest BCUT2D eigenvalue weighted by atomic mass is 9.78. The minimum atomic E-state index is -1.00. The molecule has 1 amide bonds. The number of nitrogens with one attached hydrogen (secondary N) is 1. The number of rotatable bonds is 8. The van der Waals surface area contributed by atoms with Crippen molar-refractivity contribution in [3.05, 3.63) is 90.0 Å². The number of carbonyl (C=O) groups is 1. The number of hydrogen-bond acceptors (Lipinski definition) is 6. The normalized spacial score (nSPS) is 17.1. The Morgan fingerprint density at radius 3 is 2.27 bits per heavy atom. The summed E-state index contributed by atoms with van der Waals surface area (Å²) in [6, 6.07) is 18.1. The summed E-state index contributed by atoms with van der Waals surface area (Å²) in [6.07, 6.45) is 3.46. The number of carboxylic acid groups (broad SMARTS) is 1. The van der Waals surface area contributed by atoms with Crippen LogP contribution in [0.15, 0.2) is 73.1 Å². The Morgan fingerprint density at radius 2 is 1.68 bits per heavy atom. The molecule has 2 aromatic carbocycles. The van der Waals surface area contributed by atoms with E-state index in [1.165, 1.54) is 23.0 Å². The number of benzene rings is 2. The number of hydrogen-bond donors (Lipinski definition) is 2. The zero-order valence-electron chi connectivity index (χ0n) is 20.3. The summed E-state index contributed by atoms with van der Waals surface area (Å²) in [4.78, 5) is 14.9. The number of ether oxygens (including phenoxy) is 2. The lowest BCUT2D eigenvalue weighted by molar-refractivity contribution is 0.0833. The molecule has 0 aliphatic heterocycles. The fourth-order valence-electron chi connectivity index (χ4n) is 4.26. The van der Waals surface area contributed by atoms with Crippen LogP contribution in [0.1, 0.15) is 37.8 Å². The lowest BCUT2D eigenvalue weighted by Crippen LogP contribution is -2.48. The van der Waals surface area contributed by atoms with E-state index < -0.39 is 11.9 Å². The Labute approximate surface area is 212 Å². The van der Waals surface area contributed by atoms with Gasteiger partial charge in [-0.1, -0.05) is 43.3 Å². The number of pyridine rings is 1. The highest BCUT2D eigenvalue weighted by atomic mass is 19.1. The average molecular weight is 504 g/mol. The zero-order chi connectivity index (χ0) is 26.0. The highest BCUT2D eigenvalue weighted by molar-refractivity contribution is 5.65. The molecular weight excluding hydrogens is 477 g/mol. The van der Waals surface area contributed by atoms with Crippen molar-refractivity contribution < 1.29 is 23.8 Å². The van der Waals surface area contributed by atoms with Crippen LogP contribution in [0.2, 0.25) is 0 Å². The Hall–Kier alpha value is -4.47. The minimum Gasteiger partial charge on any atom is -0.490 e. The Balaban J connectivity index is 1.23. The summed E-state index contributed by atoms with van der Waals surface area (Å²) in [5.41, 5.74) is 1.85. The van der Waals surface area contributed by atoms with E-state index in [2.05, 4.69) is 34.5 Å². The predicted octanol–water partition coefficient (Wildman–Crippen LogP) is 5.10. The van der Waals surface area contributed by atoms with E-state index in [0.717, 1.165) is 16.9 Å². The zero-order valence-corrected chi connectivity index (χ0v) is 20.3. The van der Waals surface area contributed by atoms with E-state index in [1.807, 2.05) is 36.4 Å². The summed E-state index contributed by atoms with van der Waals surface area (Å²) in [7, 11) is 0. The molecule has 0 unspecified atom stereocenters. The number of halogens is 1. The van der Waals surface area contributed by atoms with Crippen LogP contribution >= 0.6 is 0 Å². The first kappa shape index (κ1) is 24.2. The summed E-state index contributed by atoms with van der Waals surface area (Å²) in [5, 5.41) is 18.9. The quantitative estimate of drug-likeness (QED) is 0.344. The summed E-state index contributed by atoms with van der Waals surface area (Å²) in [5.74, 6) is 0.887. The van der Waals surface area contributed by atoms with Crippen LogP contribution in [-0.2, 0) is 5.41 Å². The maximum atomic E-state index is 14.3. The second-order valence-electron chi connectivity index (χ2n) is 9.44. The van der Waals surface area contributed by atoms with Gasteiger partial charge in [0.25, 0.3) is 5.88 Å². The molecule has 2 heterocycles. The molecular formula is C27H26FN5O4. The topological polar surface area (TPSA) is 111 Å². The number of aromatic nitrogens is 4. The van der Waals surface area contributed by atoms with Crippen LogP contribution in [-0.4, -0.2) is 43.3 Å². The first-order valence-electron chi connectivity index (χ1n) is 11.9. The SMILES string of the molecule is CC(C)(c1ccc(Oc2nc(-n3ccnn3)ccc2F)cc1)c1ccc(OC2CC(NC(=O)O)C2)cc1. The molecule has 1 aliphatic rings. The fourth-order valence-corrected chi connectivity index (χ4v) is 4.26. The second kappa shape index (κ2) is 9.88. The molecule has 5 rings (SSSR count). The van der Waals surface area contributed by atoms with E-state index in [1.54, 1.807) is 18.3 Å². The molecule has 4 aromatic rings. The molecule has 190 valence electrons. The van der Waals surface area contributed by atoms with Crippen molar-refractivity contribution in [3.8, 4) is 23.2 Å². The maximum Gasteiger partial charge on any atom is 0.404 e. The van der Waals surface area contributed by atoms with Crippen LogP contribution in [0.5, 0.6) is 17.4 Å². The van der Waals surface area contributed by atoms with Crippen molar-refractivity contribution in [1.82, 2.24) is 25.3 Å². The third-order valence-electron chi connectivity index (χ3n) is 6.55. The molecule has 37 heavy (non-hydrogen) atoms. The van der Waals surface area contributed by atoms with Gasteiger partial charge in [-0.3, -0.25) is 0 Å². The van der Waals surface area contributed by atoms with E-state index in [9.17, 15) is 9.18 Å². The van der Waals surface area contributed by atoms with Gasteiger partial charge >= 0.3 is 6.09 Å². The van der Waals surface area contributed by atoms with E-state index in [-0.39, 0.29) is 23.4 Å². The highest BCUT2D eigenvalue weighted by Crippen LogP contribution is 2.35. The summed E-state index contributed by atoms with van der Waals surface area (Å²) >= 11 is 0. The van der Waals surface area contributed by atoms with Gasteiger partial charge in [0.2, 0.25) is 0 Å². The molecule has 0 radical (unpaired) electrons. The number of amides is 1. The Morgan fingerprint density at radius 1 is 1.03 bits per heavy atom. The van der Waals surface area contributed by atoms with Crippen LogP contribution in [0.3, 0.4) is 0 Å². The molecule has 2 N–H and O–H groups in total. The molecule has 1 aliphatic carbocycles. The highest BCUT2D eigenvalue weighted by Gasteiger charge is 2.32. The van der Waals surface area contributed by atoms with Crippen molar-refractivity contribution in [2.45, 2.75) is 44.2 Å². The number of nitrogens with zero attached hydrogens (tertiary/aromatic N) is 4. The monoisotopic (exact) mass is 503 g/mol. The largest absolute Gasteiger partial charge is 0.490 e. The predicted molar refractivity (Wildman–Crippen MR) is 133 cm³/mol. The first-order chi connectivity index (χ1) is 17.8. The van der Waals surface area contributed by atoms with Crippen LogP contribution in [0.4, 0.5) is 9.18 Å². The summed E-state index contributed by atoms with van der Waals surface area (Å²) in [6.45, 7) is 4.24. The molecule has 2 aromatic heterocycles. The van der Waals surface area contributed by atoms with E-state index >= 15 is 0 Å². The Kier molecular flexibility index (Phi) is 6.47. The molecule has 10 heteroatoms. The van der Waals surface area contributed by atoms with Gasteiger partial charge in [0.05, 0.1) is 12.4 Å². The minimum absolute atomic E-state index is 0.0134. The molecule has 9 nitrogen and oxygen atoms in total. The van der Waals surface area contributed by atoms with Crippen molar-refractivity contribution in [3.63, 3.8) is 0 Å². The molecule has 1 fully saturated rings. The van der Waals surface area contributed by atoms with Gasteiger partial charge in [0.15, 0.2) is 11.6 Å². The maximum absolute atomic E-state index is 14.3. The molecule has 0 atom stereocenters. The van der Waals surface area contributed by atoms with Gasteiger partial charge in [0, 0.05) is 24.3 Å². The van der Waals surface area contributed by atoms with Crippen molar-refractivity contribution >= 4 is 6.09 Å². The smallest absolute Gasteiger partial charge is 0.404 e.